The highest BCUT2D eigenvalue weighted by molar-refractivity contribution is 7.99. The topological polar surface area (TPSA) is 96.0 Å². The third kappa shape index (κ3) is 4.83. The van der Waals surface area contributed by atoms with E-state index in [1.54, 1.807) is 25.1 Å². The zero-order chi connectivity index (χ0) is 17.5. The molecule has 0 aliphatic carbocycles. The van der Waals surface area contributed by atoms with E-state index in [1.165, 1.54) is 23.9 Å². The molecule has 0 spiro atoms. The summed E-state index contributed by atoms with van der Waals surface area (Å²) in [6.07, 6.45) is 0. The van der Waals surface area contributed by atoms with Gasteiger partial charge in [-0.1, -0.05) is 18.2 Å². The second kappa shape index (κ2) is 8.13. The summed E-state index contributed by atoms with van der Waals surface area (Å²) in [6.45, 7) is 1.78. The van der Waals surface area contributed by atoms with Gasteiger partial charge in [0.15, 0.2) is 0 Å². The largest absolute Gasteiger partial charge is 0.325 e. The van der Waals surface area contributed by atoms with Gasteiger partial charge >= 0.3 is 0 Å². The minimum absolute atomic E-state index is 0.0545. The van der Waals surface area contributed by atoms with Crippen LogP contribution in [0, 0.1) is 28.4 Å². The Kier molecular flexibility index (Phi) is 5.93. The first kappa shape index (κ1) is 17.5. The molecule has 7 heteroatoms. The third-order valence-electron chi connectivity index (χ3n) is 3.29. The predicted molar refractivity (Wildman–Crippen MR) is 93.8 cm³/mol. The minimum Gasteiger partial charge on any atom is -0.325 e. The van der Waals surface area contributed by atoms with E-state index < -0.39 is 4.92 Å². The molecule has 0 aliphatic rings. The third-order valence-corrected chi connectivity index (χ3v) is 4.29. The van der Waals surface area contributed by atoms with Crippen LogP contribution in [0.5, 0.6) is 0 Å². The van der Waals surface area contributed by atoms with Crippen molar-refractivity contribution in [1.29, 1.82) is 5.26 Å². The van der Waals surface area contributed by atoms with Crippen LogP contribution in [0.3, 0.4) is 0 Å². The molecule has 2 aromatic carbocycles. The zero-order valence-corrected chi connectivity index (χ0v) is 13.8. The van der Waals surface area contributed by atoms with Gasteiger partial charge in [-0.15, -0.1) is 11.8 Å². The fraction of sp³-hybridized carbons (Fsp3) is 0.176. The molecule has 0 bridgehead atoms. The molecule has 1 amide bonds. The number of thioether (sulfide) groups is 1. The molecule has 0 fully saturated rings. The number of rotatable bonds is 6. The van der Waals surface area contributed by atoms with Crippen LogP contribution in [-0.2, 0) is 10.5 Å². The molecular formula is C17H15N3O3S. The monoisotopic (exact) mass is 341 g/mol. The number of nitrogens with one attached hydrogen (secondary N) is 1. The number of amides is 1. The molecule has 6 nitrogen and oxygen atoms in total. The van der Waals surface area contributed by atoms with Gasteiger partial charge in [0.25, 0.3) is 5.69 Å². The fourth-order valence-corrected chi connectivity index (χ4v) is 2.77. The highest BCUT2D eigenvalue weighted by Gasteiger charge is 2.11. The van der Waals surface area contributed by atoms with Crippen molar-refractivity contribution in [3.8, 4) is 6.07 Å². The molecule has 2 rings (SSSR count). The van der Waals surface area contributed by atoms with E-state index in [0.717, 1.165) is 11.1 Å². The van der Waals surface area contributed by atoms with Crippen LogP contribution in [0.2, 0.25) is 0 Å². The number of hydrogen-bond donors (Lipinski definition) is 1. The van der Waals surface area contributed by atoms with Crippen molar-refractivity contribution in [2.75, 3.05) is 11.1 Å². The quantitative estimate of drug-likeness (QED) is 0.639. The van der Waals surface area contributed by atoms with Crippen molar-refractivity contribution in [3.05, 3.63) is 69.3 Å². The van der Waals surface area contributed by atoms with Crippen molar-refractivity contribution in [1.82, 2.24) is 0 Å². The van der Waals surface area contributed by atoms with E-state index in [9.17, 15) is 14.9 Å². The Bertz CT molecular complexity index is 798. The Labute approximate surface area is 143 Å². The maximum atomic E-state index is 12.0. The number of hydrogen-bond acceptors (Lipinski definition) is 5. The molecule has 0 aromatic heterocycles. The Morgan fingerprint density at radius 1 is 1.29 bits per heavy atom. The van der Waals surface area contributed by atoms with Crippen LogP contribution < -0.4 is 5.32 Å². The lowest BCUT2D eigenvalue weighted by atomic mass is 10.2. The van der Waals surface area contributed by atoms with Crippen LogP contribution >= 0.6 is 11.8 Å². The number of benzene rings is 2. The maximum absolute atomic E-state index is 12.0. The van der Waals surface area contributed by atoms with Gasteiger partial charge in [-0.25, -0.2) is 0 Å². The summed E-state index contributed by atoms with van der Waals surface area (Å²) < 4.78 is 0. The van der Waals surface area contributed by atoms with Crippen LogP contribution in [0.15, 0.2) is 42.5 Å². The summed E-state index contributed by atoms with van der Waals surface area (Å²) in [5.74, 6) is 0.673. The number of non-ortho nitro benzene ring substituents is 1. The second-order valence-electron chi connectivity index (χ2n) is 5.11. The summed E-state index contributed by atoms with van der Waals surface area (Å²) in [5, 5.41) is 22.2. The number of nitro groups is 1. The predicted octanol–water partition coefficient (Wildman–Crippen LogP) is 3.65. The van der Waals surface area contributed by atoms with Gasteiger partial charge in [0, 0.05) is 17.9 Å². The zero-order valence-electron chi connectivity index (χ0n) is 13.0. The lowest BCUT2D eigenvalue weighted by Gasteiger charge is -2.08. The summed E-state index contributed by atoms with van der Waals surface area (Å²) in [4.78, 5) is 22.3. The van der Waals surface area contributed by atoms with E-state index >= 15 is 0 Å². The standard InChI is InChI=1S/C17H15N3O3S/c1-12-2-7-15(20(22)23)8-16(12)19-17(21)11-24-10-14-5-3-13(9-18)4-6-14/h2-8H,10-11H2,1H3,(H,19,21). The molecule has 122 valence electrons. The summed E-state index contributed by atoms with van der Waals surface area (Å²) >= 11 is 1.43. The normalized spacial score (nSPS) is 10.0. The molecule has 24 heavy (non-hydrogen) atoms. The van der Waals surface area contributed by atoms with Crippen molar-refractivity contribution >= 4 is 29.0 Å². The van der Waals surface area contributed by atoms with Gasteiger partial charge < -0.3 is 5.32 Å². The van der Waals surface area contributed by atoms with E-state index in [4.69, 9.17) is 5.26 Å². The highest BCUT2D eigenvalue weighted by Crippen LogP contribution is 2.22. The molecule has 0 atom stereocenters. The number of aryl methyl sites for hydroxylation is 1. The van der Waals surface area contributed by atoms with E-state index in [-0.39, 0.29) is 17.3 Å². The van der Waals surface area contributed by atoms with E-state index in [2.05, 4.69) is 11.4 Å². The fourth-order valence-electron chi connectivity index (χ4n) is 1.98. The average molecular weight is 341 g/mol. The van der Waals surface area contributed by atoms with Crippen molar-refractivity contribution in [2.24, 2.45) is 0 Å². The Morgan fingerprint density at radius 3 is 2.62 bits per heavy atom. The van der Waals surface area contributed by atoms with Crippen molar-refractivity contribution < 1.29 is 9.72 Å². The first-order valence-electron chi connectivity index (χ1n) is 7.11. The number of nitriles is 1. The lowest BCUT2D eigenvalue weighted by Crippen LogP contribution is -2.15. The second-order valence-corrected chi connectivity index (χ2v) is 6.09. The molecule has 0 unspecified atom stereocenters. The SMILES string of the molecule is Cc1ccc([N+](=O)[O-])cc1NC(=O)CSCc1ccc(C#N)cc1. The van der Waals surface area contributed by atoms with Gasteiger partial charge in [-0.05, 0) is 30.2 Å². The molecule has 2 aromatic rings. The van der Waals surface area contributed by atoms with Crippen molar-refractivity contribution in [3.63, 3.8) is 0 Å². The summed E-state index contributed by atoms with van der Waals surface area (Å²) in [5.41, 5.74) is 2.79. The molecule has 0 radical (unpaired) electrons. The molecule has 0 heterocycles. The van der Waals surface area contributed by atoms with Crippen LogP contribution in [0.1, 0.15) is 16.7 Å². The molecule has 0 aliphatic heterocycles. The molecule has 0 saturated carbocycles. The Hall–Kier alpha value is -2.85. The number of carbonyl (C=O) groups excluding carboxylic acids is 1. The number of nitro benzene ring substituents is 1. The van der Waals surface area contributed by atoms with Gasteiger partial charge in [-0.3, -0.25) is 14.9 Å². The number of carbonyl (C=O) groups is 1. The smallest absolute Gasteiger partial charge is 0.271 e. The Morgan fingerprint density at radius 2 is 2.00 bits per heavy atom. The first-order valence-corrected chi connectivity index (χ1v) is 8.27. The average Bonchev–Trinajstić information content (AvgIpc) is 2.57. The van der Waals surface area contributed by atoms with Crippen molar-refractivity contribution in [2.45, 2.75) is 12.7 Å². The highest BCUT2D eigenvalue weighted by atomic mass is 32.2. The van der Waals surface area contributed by atoms with Gasteiger partial charge in [-0.2, -0.15) is 5.26 Å². The molecular weight excluding hydrogens is 326 g/mol. The Balaban J connectivity index is 1.88. The van der Waals surface area contributed by atoms with Crippen LogP contribution in [0.25, 0.3) is 0 Å². The summed E-state index contributed by atoms with van der Waals surface area (Å²) in [6, 6.07) is 13.6. The van der Waals surface area contributed by atoms with Crippen LogP contribution in [0.4, 0.5) is 11.4 Å². The maximum Gasteiger partial charge on any atom is 0.271 e. The summed E-state index contributed by atoms with van der Waals surface area (Å²) in [7, 11) is 0. The minimum atomic E-state index is -0.491. The number of anilines is 1. The van der Waals surface area contributed by atoms with Gasteiger partial charge in [0.1, 0.15) is 0 Å². The van der Waals surface area contributed by atoms with Crippen LogP contribution in [-0.4, -0.2) is 16.6 Å². The molecule has 1 N–H and O–H groups in total. The van der Waals surface area contributed by atoms with E-state index in [0.29, 0.717) is 17.0 Å². The van der Waals surface area contributed by atoms with Gasteiger partial charge in [0.05, 0.1) is 28.0 Å². The lowest BCUT2D eigenvalue weighted by molar-refractivity contribution is -0.384. The number of nitrogens with zero attached hydrogens (tertiary/aromatic N) is 2. The first-order chi connectivity index (χ1) is 11.5. The molecule has 0 saturated heterocycles. The van der Waals surface area contributed by atoms with E-state index in [1.807, 2.05) is 12.1 Å². The van der Waals surface area contributed by atoms with Gasteiger partial charge in [0.2, 0.25) is 5.91 Å².